The van der Waals surface area contributed by atoms with Crippen molar-refractivity contribution in [1.29, 1.82) is 0 Å². The van der Waals surface area contributed by atoms with Gasteiger partial charge in [0.2, 0.25) is 0 Å². The molecular weight excluding hydrogens is 250 g/mol. The topological polar surface area (TPSA) is 87.1 Å². The molecule has 0 bridgehead atoms. The van der Waals surface area contributed by atoms with Crippen LogP contribution in [0.25, 0.3) is 0 Å². The van der Waals surface area contributed by atoms with Gasteiger partial charge >= 0.3 is 12.1 Å². The molecule has 1 aromatic carbocycles. The molecule has 0 spiro atoms. The van der Waals surface area contributed by atoms with Crippen molar-refractivity contribution in [3.05, 3.63) is 35.9 Å². The number of amides is 1. The fraction of sp³-hybridized carbons (Fsp3) is 0.385. The molecule has 2 rings (SSSR count). The molecule has 1 fully saturated rings. The molecule has 1 amide bonds. The maximum atomic E-state index is 11.7. The van der Waals surface area contributed by atoms with Crippen LogP contribution in [-0.2, 0) is 9.53 Å². The van der Waals surface area contributed by atoms with Gasteiger partial charge in [0.15, 0.2) is 6.04 Å². The summed E-state index contributed by atoms with van der Waals surface area (Å²) in [5.41, 5.74) is 0.778. The highest BCUT2D eigenvalue weighted by molar-refractivity contribution is 5.82. The summed E-state index contributed by atoms with van der Waals surface area (Å²) in [5.74, 6) is -1.25. The lowest BCUT2D eigenvalue weighted by molar-refractivity contribution is -0.146. The van der Waals surface area contributed by atoms with E-state index in [9.17, 15) is 19.8 Å². The molecule has 0 unspecified atom stereocenters. The Morgan fingerprint density at radius 2 is 2.05 bits per heavy atom. The standard InChI is InChI=1S/C13H15NO5/c1-8(15)11(12(16)17)14-10(7-19-13(14)18)9-5-3-2-4-6-9/h2-6,8,10-11,15H,7H2,1H3,(H,16,17)/t8-,10-,11-/m1/s1. The third-order valence-corrected chi connectivity index (χ3v) is 3.11. The highest BCUT2D eigenvalue weighted by Gasteiger charge is 2.44. The van der Waals surface area contributed by atoms with E-state index in [1.54, 1.807) is 24.3 Å². The first-order valence-corrected chi connectivity index (χ1v) is 5.93. The SMILES string of the molecule is C[C@@H](O)[C@H](C(=O)O)N1C(=O)OC[C@@H]1c1ccccc1. The van der Waals surface area contributed by atoms with E-state index in [2.05, 4.69) is 0 Å². The summed E-state index contributed by atoms with van der Waals surface area (Å²) in [6.07, 6.45) is -1.91. The molecule has 1 heterocycles. The summed E-state index contributed by atoms with van der Waals surface area (Å²) in [7, 11) is 0. The van der Waals surface area contributed by atoms with Crippen LogP contribution in [0.4, 0.5) is 4.79 Å². The Morgan fingerprint density at radius 1 is 1.42 bits per heavy atom. The minimum atomic E-state index is -1.32. The molecule has 0 aromatic heterocycles. The summed E-state index contributed by atoms with van der Waals surface area (Å²) < 4.78 is 4.93. The van der Waals surface area contributed by atoms with Gasteiger partial charge in [-0.2, -0.15) is 0 Å². The van der Waals surface area contributed by atoms with Crippen molar-refractivity contribution < 1.29 is 24.5 Å². The number of nitrogens with zero attached hydrogens (tertiary/aromatic N) is 1. The minimum Gasteiger partial charge on any atom is -0.480 e. The fourth-order valence-corrected chi connectivity index (χ4v) is 2.23. The second kappa shape index (κ2) is 5.27. The van der Waals surface area contributed by atoms with Gasteiger partial charge < -0.3 is 14.9 Å². The maximum absolute atomic E-state index is 11.7. The van der Waals surface area contributed by atoms with Crippen molar-refractivity contribution in [3.8, 4) is 0 Å². The van der Waals surface area contributed by atoms with Crippen molar-refractivity contribution >= 4 is 12.1 Å². The van der Waals surface area contributed by atoms with Crippen LogP contribution in [0, 0.1) is 0 Å². The van der Waals surface area contributed by atoms with Crippen molar-refractivity contribution in [3.63, 3.8) is 0 Å². The summed E-state index contributed by atoms with van der Waals surface area (Å²) in [6, 6.07) is 7.20. The smallest absolute Gasteiger partial charge is 0.411 e. The number of aliphatic carboxylic acids is 1. The number of carboxylic acid groups (broad SMARTS) is 1. The van der Waals surface area contributed by atoms with Crippen LogP contribution in [0.2, 0.25) is 0 Å². The highest BCUT2D eigenvalue weighted by atomic mass is 16.6. The Bertz CT molecular complexity index is 473. The molecular formula is C13H15NO5. The predicted molar refractivity (Wildman–Crippen MR) is 65.5 cm³/mol. The number of carboxylic acids is 1. The molecule has 2 N–H and O–H groups in total. The number of hydrogen-bond acceptors (Lipinski definition) is 4. The summed E-state index contributed by atoms with van der Waals surface area (Å²) in [6.45, 7) is 1.42. The monoisotopic (exact) mass is 265 g/mol. The number of carbonyl (C=O) groups is 2. The van der Waals surface area contributed by atoms with Gasteiger partial charge in [-0.05, 0) is 12.5 Å². The first-order chi connectivity index (χ1) is 9.02. The fourth-order valence-electron chi connectivity index (χ4n) is 2.23. The average molecular weight is 265 g/mol. The molecule has 0 radical (unpaired) electrons. The van der Waals surface area contributed by atoms with Crippen molar-refractivity contribution in [2.45, 2.75) is 25.1 Å². The largest absolute Gasteiger partial charge is 0.480 e. The van der Waals surface area contributed by atoms with E-state index in [1.165, 1.54) is 6.92 Å². The van der Waals surface area contributed by atoms with Crippen LogP contribution in [-0.4, -0.2) is 45.9 Å². The van der Waals surface area contributed by atoms with Gasteiger partial charge in [-0.3, -0.25) is 4.90 Å². The molecule has 0 saturated carbocycles. The number of cyclic esters (lactones) is 1. The van der Waals surface area contributed by atoms with E-state index in [1.807, 2.05) is 6.07 Å². The molecule has 0 aliphatic carbocycles. The molecule has 6 nitrogen and oxygen atoms in total. The third-order valence-electron chi connectivity index (χ3n) is 3.11. The van der Waals surface area contributed by atoms with Gasteiger partial charge in [0.25, 0.3) is 0 Å². The molecule has 1 aliphatic rings. The van der Waals surface area contributed by atoms with Gasteiger partial charge in [-0.15, -0.1) is 0 Å². The zero-order valence-electron chi connectivity index (χ0n) is 10.4. The van der Waals surface area contributed by atoms with Crippen LogP contribution in [0.3, 0.4) is 0 Å². The zero-order chi connectivity index (χ0) is 14.0. The van der Waals surface area contributed by atoms with E-state index < -0.39 is 30.3 Å². The molecule has 3 atom stereocenters. The molecule has 102 valence electrons. The number of aliphatic hydroxyl groups is 1. The number of benzene rings is 1. The molecule has 1 aromatic rings. The Balaban J connectivity index is 2.34. The lowest BCUT2D eigenvalue weighted by Crippen LogP contribution is -2.49. The second-order valence-electron chi connectivity index (χ2n) is 4.43. The lowest BCUT2D eigenvalue weighted by Gasteiger charge is -2.29. The lowest BCUT2D eigenvalue weighted by atomic mass is 10.0. The minimum absolute atomic E-state index is 0.0827. The number of aliphatic hydroxyl groups excluding tert-OH is 1. The average Bonchev–Trinajstić information content (AvgIpc) is 2.72. The van der Waals surface area contributed by atoms with E-state index >= 15 is 0 Å². The van der Waals surface area contributed by atoms with Crippen LogP contribution in [0.15, 0.2) is 30.3 Å². The zero-order valence-corrected chi connectivity index (χ0v) is 10.4. The number of rotatable bonds is 4. The van der Waals surface area contributed by atoms with Gasteiger partial charge in [-0.1, -0.05) is 30.3 Å². The van der Waals surface area contributed by atoms with Gasteiger partial charge in [0.05, 0.1) is 12.1 Å². The van der Waals surface area contributed by atoms with E-state index in [-0.39, 0.29) is 6.61 Å². The quantitative estimate of drug-likeness (QED) is 0.848. The van der Waals surface area contributed by atoms with Crippen molar-refractivity contribution in [2.24, 2.45) is 0 Å². The van der Waals surface area contributed by atoms with Gasteiger partial charge in [0.1, 0.15) is 6.61 Å². The third kappa shape index (κ3) is 2.53. The van der Waals surface area contributed by atoms with E-state index in [0.717, 1.165) is 10.5 Å². The van der Waals surface area contributed by atoms with Gasteiger partial charge in [-0.25, -0.2) is 9.59 Å². The molecule has 1 saturated heterocycles. The normalized spacial score (nSPS) is 21.9. The summed E-state index contributed by atoms with van der Waals surface area (Å²) in [4.78, 5) is 24.1. The van der Waals surface area contributed by atoms with Gasteiger partial charge in [0, 0.05) is 0 Å². The molecule has 19 heavy (non-hydrogen) atoms. The Hall–Kier alpha value is -2.08. The van der Waals surface area contributed by atoms with E-state index in [0.29, 0.717) is 0 Å². The first-order valence-electron chi connectivity index (χ1n) is 5.93. The highest BCUT2D eigenvalue weighted by Crippen LogP contribution is 2.30. The van der Waals surface area contributed by atoms with Crippen LogP contribution >= 0.6 is 0 Å². The molecule has 1 aliphatic heterocycles. The van der Waals surface area contributed by atoms with Crippen molar-refractivity contribution in [1.82, 2.24) is 4.90 Å². The Morgan fingerprint density at radius 3 is 2.58 bits per heavy atom. The Labute approximate surface area is 110 Å². The van der Waals surface area contributed by atoms with E-state index in [4.69, 9.17) is 4.74 Å². The van der Waals surface area contributed by atoms with Crippen LogP contribution in [0.5, 0.6) is 0 Å². The summed E-state index contributed by atoms with van der Waals surface area (Å²) >= 11 is 0. The first kappa shape index (κ1) is 13.4. The predicted octanol–water partition coefficient (Wildman–Crippen LogP) is 1.01. The second-order valence-corrected chi connectivity index (χ2v) is 4.43. The van der Waals surface area contributed by atoms with Crippen LogP contribution in [0.1, 0.15) is 18.5 Å². The summed E-state index contributed by atoms with van der Waals surface area (Å²) in [5, 5.41) is 18.8. The van der Waals surface area contributed by atoms with Crippen LogP contribution < -0.4 is 0 Å². The Kier molecular flexibility index (Phi) is 3.71. The van der Waals surface area contributed by atoms with Crippen molar-refractivity contribution in [2.75, 3.05) is 6.61 Å². The maximum Gasteiger partial charge on any atom is 0.411 e. The molecule has 6 heteroatoms. The number of ether oxygens (including phenoxy) is 1. The number of hydrogen-bond donors (Lipinski definition) is 2. The number of carbonyl (C=O) groups excluding carboxylic acids is 1.